The van der Waals surface area contributed by atoms with Gasteiger partial charge in [0.2, 0.25) is 0 Å². The van der Waals surface area contributed by atoms with Crippen molar-refractivity contribution >= 4 is 11.6 Å². The van der Waals surface area contributed by atoms with E-state index in [1.807, 2.05) is 0 Å². The first-order chi connectivity index (χ1) is 9.52. The topological polar surface area (TPSA) is 99.4 Å². The van der Waals surface area contributed by atoms with Gasteiger partial charge in [0.25, 0.3) is 0 Å². The van der Waals surface area contributed by atoms with Crippen LogP contribution in [0.5, 0.6) is 0 Å². The van der Waals surface area contributed by atoms with Crippen molar-refractivity contribution in [2.45, 2.75) is 30.7 Å². The molecule has 0 aliphatic carbocycles. The third-order valence-electron chi connectivity index (χ3n) is 3.12. The molecule has 0 spiro atoms. The van der Waals surface area contributed by atoms with E-state index in [1.54, 1.807) is 24.3 Å². The van der Waals surface area contributed by atoms with Crippen LogP contribution in [0.1, 0.15) is 11.9 Å². The molecule has 20 heavy (non-hydrogen) atoms. The largest absolute Gasteiger partial charge is 0.394 e. The predicted octanol–water partition coefficient (Wildman–Crippen LogP) is -0.171. The van der Waals surface area contributed by atoms with Crippen LogP contribution in [0.4, 0.5) is 0 Å². The molecule has 1 aliphatic rings. The summed E-state index contributed by atoms with van der Waals surface area (Å²) in [6, 6.07) is 6.73. The number of hydrogen-bond acceptors (Lipinski definition) is 6. The van der Waals surface area contributed by atoms with Crippen molar-refractivity contribution in [1.29, 1.82) is 0 Å². The highest BCUT2D eigenvalue weighted by atomic mass is 35.5. The average molecular weight is 305 g/mol. The fourth-order valence-corrected chi connectivity index (χ4v) is 2.21. The van der Waals surface area contributed by atoms with Crippen LogP contribution in [0.15, 0.2) is 24.3 Å². The van der Waals surface area contributed by atoms with Crippen LogP contribution in [0.25, 0.3) is 0 Å². The average Bonchev–Trinajstić information content (AvgIpc) is 2.59. The lowest BCUT2D eigenvalue weighted by Gasteiger charge is -2.27. The highest BCUT2D eigenvalue weighted by Crippen LogP contribution is 2.28. The van der Waals surface area contributed by atoms with Crippen molar-refractivity contribution in [2.75, 3.05) is 13.2 Å². The van der Waals surface area contributed by atoms with Gasteiger partial charge in [0, 0.05) is 10.6 Å². The second-order valence-electron chi connectivity index (χ2n) is 4.63. The molecule has 6 nitrogen and oxygen atoms in total. The lowest BCUT2D eigenvalue weighted by Crippen LogP contribution is -2.47. The van der Waals surface area contributed by atoms with Crippen LogP contribution in [0, 0.1) is 0 Å². The maximum atomic E-state index is 9.89. The Morgan fingerprint density at radius 1 is 1.35 bits per heavy atom. The molecule has 1 saturated heterocycles. The lowest BCUT2D eigenvalue weighted by molar-refractivity contribution is -0.199. The number of aliphatic hydroxyl groups is 4. The van der Waals surface area contributed by atoms with Crippen LogP contribution in [-0.2, 0) is 9.47 Å². The van der Waals surface area contributed by atoms with E-state index < -0.39 is 37.3 Å². The normalized spacial score (nSPS) is 32.6. The molecule has 5 atom stereocenters. The van der Waals surface area contributed by atoms with Crippen molar-refractivity contribution in [1.82, 2.24) is 0 Å². The van der Waals surface area contributed by atoms with E-state index in [0.29, 0.717) is 10.6 Å². The Morgan fingerprint density at radius 3 is 2.75 bits per heavy atom. The molecule has 1 aromatic carbocycles. The summed E-state index contributed by atoms with van der Waals surface area (Å²) in [6.45, 7) is -0.760. The van der Waals surface area contributed by atoms with Crippen molar-refractivity contribution < 1.29 is 29.9 Å². The maximum absolute atomic E-state index is 9.89. The molecule has 1 aliphatic heterocycles. The summed E-state index contributed by atoms with van der Waals surface area (Å²) in [7, 11) is 0. The summed E-state index contributed by atoms with van der Waals surface area (Å²) in [5, 5.41) is 38.8. The third kappa shape index (κ3) is 3.48. The van der Waals surface area contributed by atoms with E-state index in [-0.39, 0.29) is 6.61 Å². The quantitative estimate of drug-likeness (QED) is 0.619. The molecule has 4 N–H and O–H groups in total. The van der Waals surface area contributed by atoms with E-state index >= 15 is 0 Å². The van der Waals surface area contributed by atoms with Crippen LogP contribution in [0.3, 0.4) is 0 Å². The zero-order valence-corrected chi connectivity index (χ0v) is 11.3. The molecule has 7 heteroatoms. The first kappa shape index (κ1) is 15.7. The minimum atomic E-state index is -1.36. The van der Waals surface area contributed by atoms with Crippen molar-refractivity contribution in [2.24, 2.45) is 0 Å². The fourth-order valence-electron chi connectivity index (χ4n) is 2.02. The van der Waals surface area contributed by atoms with Gasteiger partial charge in [0.15, 0.2) is 6.29 Å². The Hall–Kier alpha value is -0.730. The van der Waals surface area contributed by atoms with Gasteiger partial charge in [-0.3, -0.25) is 0 Å². The smallest absolute Gasteiger partial charge is 0.184 e. The summed E-state index contributed by atoms with van der Waals surface area (Å²) in [5.74, 6) is 0. The molecule has 1 fully saturated rings. The van der Waals surface area contributed by atoms with Gasteiger partial charge in [0.1, 0.15) is 24.4 Å². The van der Waals surface area contributed by atoms with E-state index in [2.05, 4.69) is 0 Å². The van der Waals surface area contributed by atoms with E-state index in [9.17, 15) is 15.3 Å². The first-order valence-electron chi connectivity index (χ1n) is 6.20. The fraction of sp³-hybridized carbons (Fsp3) is 0.538. The highest BCUT2D eigenvalue weighted by Gasteiger charge is 2.38. The van der Waals surface area contributed by atoms with Gasteiger partial charge in [-0.1, -0.05) is 23.7 Å². The Labute approximate surface area is 121 Å². The minimum absolute atomic E-state index is 0.160. The maximum Gasteiger partial charge on any atom is 0.184 e. The van der Waals surface area contributed by atoms with Gasteiger partial charge < -0.3 is 29.9 Å². The lowest BCUT2D eigenvalue weighted by atomic mass is 10.0. The Balaban J connectivity index is 2.22. The van der Waals surface area contributed by atoms with Crippen LogP contribution >= 0.6 is 11.6 Å². The summed E-state index contributed by atoms with van der Waals surface area (Å²) < 4.78 is 10.9. The third-order valence-corrected chi connectivity index (χ3v) is 3.35. The van der Waals surface area contributed by atoms with Crippen LogP contribution < -0.4 is 0 Å². The standard InChI is InChI=1S/C13H17ClO6/c14-8-3-1-2-7(4-8)13-19-6-10(17)11(18)12(20-13)9(16)5-15/h1-4,9-13,15-18H,5-6H2/t9-,10+,11+,12+,13?/m1/s1. The minimum Gasteiger partial charge on any atom is -0.394 e. The van der Waals surface area contributed by atoms with Crippen molar-refractivity contribution in [3.8, 4) is 0 Å². The molecule has 112 valence electrons. The van der Waals surface area contributed by atoms with Gasteiger partial charge >= 0.3 is 0 Å². The summed E-state index contributed by atoms with van der Waals surface area (Å²) in [5.41, 5.74) is 0.592. The molecule has 0 saturated carbocycles. The summed E-state index contributed by atoms with van der Waals surface area (Å²) in [4.78, 5) is 0. The summed E-state index contributed by atoms with van der Waals surface area (Å²) in [6.07, 6.45) is -5.97. The SMILES string of the molecule is OC[C@@H](O)[C@@H]1OC(c2cccc(Cl)c2)OC[C@H](O)[C@@H]1O. The molecular formula is C13H17ClO6. The van der Waals surface area contributed by atoms with Gasteiger partial charge in [-0.05, 0) is 12.1 Å². The molecule has 1 unspecified atom stereocenters. The molecular weight excluding hydrogens is 288 g/mol. The zero-order valence-electron chi connectivity index (χ0n) is 10.6. The van der Waals surface area contributed by atoms with Crippen LogP contribution in [0.2, 0.25) is 5.02 Å². The molecule has 1 aromatic rings. The first-order valence-corrected chi connectivity index (χ1v) is 6.58. The number of rotatable bonds is 3. The van der Waals surface area contributed by atoms with E-state index in [0.717, 1.165) is 0 Å². The number of aliphatic hydroxyl groups excluding tert-OH is 4. The van der Waals surface area contributed by atoms with E-state index in [4.69, 9.17) is 26.2 Å². The summed E-state index contributed by atoms with van der Waals surface area (Å²) >= 11 is 5.89. The van der Waals surface area contributed by atoms with Gasteiger partial charge in [-0.15, -0.1) is 0 Å². The monoisotopic (exact) mass is 304 g/mol. The molecule has 0 aromatic heterocycles. The predicted molar refractivity (Wildman–Crippen MR) is 70.1 cm³/mol. The molecule has 2 rings (SSSR count). The van der Waals surface area contributed by atoms with Gasteiger partial charge in [-0.25, -0.2) is 0 Å². The number of halogens is 1. The second kappa shape index (κ2) is 6.82. The molecule has 1 heterocycles. The van der Waals surface area contributed by atoms with Gasteiger partial charge in [-0.2, -0.15) is 0 Å². The number of benzene rings is 1. The second-order valence-corrected chi connectivity index (χ2v) is 5.07. The molecule has 0 bridgehead atoms. The van der Waals surface area contributed by atoms with Crippen molar-refractivity contribution in [3.63, 3.8) is 0 Å². The van der Waals surface area contributed by atoms with Crippen molar-refractivity contribution in [3.05, 3.63) is 34.9 Å². The molecule has 0 radical (unpaired) electrons. The molecule has 0 amide bonds. The number of ether oxygens (including phenoxy) is 2. The zero-order chi connectivity index (χ0) is 14.7. The Bertz CT molecular complexity index is 443. The van der Waals surface area contributed by atoms with Crippen LogP contribution in [-0.4, -0.2) is 58.1 Å². The van der Waals surface area contributed by atoms with E-state index in [1.165, 1.54) is 0 Å². The highest BCUT2D eigenvalue weighted by molar-refractivity contribution is 6.30. The Kier molecular flexibility index (Phi) is 5.34. The number of hydrogen-bond donors (Lipinski definition) is 4. The van der Waals surface area contributed by atoms with Gasteiger partial charge in [0.05, 0.1) is 13.2 Å². The Morgan fingerprint density at radius 2 is 2.10 bits per heavy atom.